The third kappa shape index (κ3) is 2.73. The third-order valence-electron chi connectivity index (χ3n) is 3.34. The molecule has 0 spiro atoms. The zero-order valence-electron chi connectivity index (χ0n) is 10.4. The summed E-state index contributed by atoms with van der Waals surface area (Å²) < 4.78 is 13.1. The molecule has 0 fully saturated rings. The van der Waals surface area contributed by atoms with E-state index < -0.39 is 0 Å². The van der Waals surface area contributed by atoms with Crippen LogP contribution in [-0.2, 0) is 0 Å². The van der Waals surface area contributed by atoms with Crippen LogP contribution in [0.2, 0.25) is 0 Å². The molecule has 0 aliphatic rings. The van der Waals surface area contributed by atoms with E-state index in [0.717, 1.165) is 6.42 Å². The molecule has 2 unspecified atom stereocenters. The van der Waals surface area contributed by atoms with Gasteiger partial charge >= 0.3 is 0 Å². The van der Waals surface area contributed by atoms with Gasteiger partial charge in [-0.2, -0.15) is 0 Å². The second kappa shape index (κ2) is 5.30. The molecular weight excluding hydrogens is 205 g/mol. The fourth-order valence-electron chi connectivity index (χ4n) is 1.75. The Hall–Kier alpha value is -1.09. The first-order valence-corrected chi connectivity index (χ1v) is 5.67. The first kappa shape index (κ1) is 13.0. The number of phenolic OH excluding ortho intramolecular Hbond substituents is 1. The smallest absolute Gasteiger partial charge is 0.123 e. The summed E-state index contributed by atoms with van der Waals surface area (Å²) >= 11 is 0. The van der Waals surface area contributed by atoms with Crippen molar-refractivity contribution in [2.24, 2.45) is 0 Å². The van der Waals surface area contributed by atoms with Crippen molar-refractivity contribution in [1.82, 2.24) is 4.90 Å². The van der Waals surface area contributed by atoms with Crippen molar-refractivity contribution in [2.45, 2.75) is 39.3 Å². The lowest BCUT2D eigenvalue weighted by atomic mass is 10.0. The zero-order valence-corrected chi connectivity index (χ0v) is 10.4. The van der Waals surface area contributed by atoms with Gasteiger partial charge in [0.05, 0.1) is 0 Å². The van der Waals surface area contributed by atoms with Crippen LogP contribution in [0.25, 0.3) is 0 Å². The molecule has 2 atom stereocenters. The number of rotatable bonds is 4. The largest absolute Gasteiger partial charge is 0.508 e. The van der Waals surface area contributed by atoms with E-state index in [0.29, 0.717) is 11.6 Å². The highest BCUT2D eigenvalue weighted by molar-refractivity contribution is 5.34. The van der Waals surface area contributed by atoms with Crippen molar-refractivity contribution < 1.29 is 9.50 Å². The molecule has 1 N–H and O–H groups in total. The molecule has 90 valence electrons. The fraction of sp³-hybridized carbons (Fsp3) is 0.538. The number of hydrogen-bond donors (Lipinski definition) is 1. The Kier molecular flexibility index (Phi) is 4.30. The van der Waals surface area contributed by atoms with Crippen molar-refractivity contribution in [3.8, 4) is 5.75 Å². The van der Waals surface area contributed by atoms with Gasteiger partial charge in [-0.25, -0.2) is 4.39 Å². The van der Waals surface area contributed by atoms with Gasteiger partial charge in [-0.15, -0.1) is 0 Å². The molecule has 0 aliphatic carbocycles. The van der Waals surface area contributed by atoms with E-state index >= 15 is 0 Å². The topological polar surface area (TPSA) is 23.5 Å². The molecule has 2 nitrogen and oxygen atoms in total. The van der Waals surface area contributed by atoms with Gasteiger partial charge in [0.1, 0.15) is 11.6 Å². The summed E-state index contributed by atoms with van der Waals surface area (Å²) in [5, 5.41) is 9.72. The van der Waals surface area contributed by atoms with E-state index in [1.807, 2.05) is 14.0 Å². The molecule has 0 saturated carbocycles. The van der Waals surface area contributed by atoms with Gasteiger partial charge in [-0.1, -0.05) is 6.92 Å². The Morgan fingerprint density at radius 3 is 2.56 bits per heavy atom. The van der Waals surface area contributed by atoms with E-state index in [4.69, 9.17) is 0 Å². The molecular formula is C13H20FNO. The summed E-state index contributed by atoms with van der Waals surface area (Å²) in [7, 11) is 1.99. The summed E-state index contributed by atoms with van der Waals surface area (Å²) in [6, 6.07) is 4.49. The van der Waals surface area contributed by atoms with Gasteiger partial charge in [0, 0.05) is 17.6 Å². The molecule has 0 saturated heterocycles. The van der Waals surface area contributed by atoms with Gasteiger partial charge < -0.3 is 5.11 Å². The Morgan fingerprint density at radius 2 is 2.00 bits per heavy atom. The Bertz CT molecular complexity index is 354. The lowest BCUT2D eigenvalue weighted by Gasteiger charge is -2.30. The maximum absolute atomic E-state index is 13.1. The van der Waals surface area contributed by atoms with Crippen LogP contribution in [0.1, 0.15) is 38.8 Å². The SMILES string of the molecule is CCC(C)N(C)C(C)c1cc(F)ccc1O. The highest BCUT2D eigenvalue weighted by Gasteiger charge is 2.19. The standard InChI is InChI=1S/C13H20FNO/c1-5-9(2)15(4)10(3)12-8-11(14)6-7-13(12)16/h6-10,16H,5H2,1-4H3. The summed E-state index contributed by atoms with van der Waals surface area (Å²) in [5.41, 5.74) is 0.641. The van der Waals surface area contributed by atoms with Crippen molar-refractivity contribution in [3.05, 3.63) is 29.6 Å². The lowest BCUT2D eigenvalue weighted by Crippen LogP contribution is -2.31. The maximum Gasteiger partial charge on any atom is 0.123 e. The molecule has 0 bridgehead atoms. The van der Waals surface area contributed by atoms with E-state index in [1.165, 1.54) is 18.2 Å². The average Bonchev–Trinajstić information content (AvgIpc) is 2.29. The summed E-state index contributed by atoms with van der Waals surface area (Å²) in [6.07, 6.45) is 1.02. The highest BCUT2D eigenvalue weighted by Crippen LogP contribution is 2.29. The predicted molar refractivity (Wildman–Crippen MR) is 64.0 cm³/mol. The van der Waals surface area contributed by atoms with Gasteiger partial charge in [0.2, 0.25) is 0 Å². The summed E-state index contributed by atoms with van der Waals surface area (Å²) in [5.74, 6) is -0.152. The quantitative estimate of drug-likeness (QED) is 0.849. The highest BCUT2D eigenvalue weighted by atomic mass is 19.1. The van der Waals surface area contributed by atoms with Crippen LogP contribution in [-0.4, -0.2) is 23.1 Å². The molecule has 3 heteroatoms. The van der Waals surface area contributed by atoms with Crippen LogP contribution in [0.5, 0.6) is 5.75 Å². The van der Waals surface area contributed by atoms with E-state index in [-0.39, 0.29) is 17.6 Å². The maximum atomic E-state index is 13.1. The normalized spacial score (nSPS) is 15.1. The van der Waals surface area contributed by atoms with Crippen molar-refractivity contribution in [2.75, 3.05) is 7.05 Å². The molecule has 0 aliphatic heterocycles. The zero-order chi connectivity index (χ0) is 12.3. The van der Waals surface area contributed by atoms with E-state index in [9.17, 15) is 9.50 Å². The Labute approximate surface area is 96.7 Å². The third-order valence-corrected chi connectivity index (χ3v) is 3.34. The van der Waals surface area contributed by atoms with Crippen molar-refractivity contribution in [3.63, 3.8) is 0 Å². The molecule has 0 radical (unpaired) electrons. The van der Waals surface area contributed by atoms with Crippen LogP contribution in [0.15, 0.2) is 18.2 Å². The first-order chi connectivity index (χ1) is 7.47. The van der Waals surface area contributed by atoms with Crippen LogP contribution >= 0.6 is 0 Å². The number of halogens is 1. The monoisotopic (exact) mass is 225 g/mol. The number of aromatic hydroxyl groups is 1. The lowest BCUT2D eigenvalue weighted by molar-refractivity contribution is 0.190. The minimum Gasteiger partial charge on any atom is -0.508 e. The Morgan fingerprint density at radius 1 is 1.38 bits per heavy atom. The fourth-order valence-corrected chi connectivity index (χ4v) is 1.75. The molecule has 0 amide bonds. The van der Waals surface area contributed by atoms with Gasteiger partial charge in [0.25, 0.3) is 0 Å². The van der Waals surface area contributed by atoms with E-state index in [2.05, 4.69) is 18.7 Å². The number of phenols is 1. The van der Waals surface area contributed by atoms with Crippen LogP contribution in [0, 0.1) is 5.82 Å². The van der Waals surface area contributed by atoms with Crippen LogP contribution in [0.3, 0.4) is 0 Å². The summed E-state index contributed by atoms with van der Waals surface area (Å²) in [4.78, 5) is 2.13. The first-order valence-electron chi connectivity index (χ1n) is 5.67. The second-order valence-corrected chi connectivity index (χ2v) is 4.30. The average molecular weight is 225 g/mol. The van der Waals surface area contributed by atoms with Crippen LogP contribution < -0.4 is 0 Å². The second-order valence-electron chi connectivity index (χ2n) is 4.30. The molecule has 1 aromatic carbocycles. The molecule has 1 rings (SSSR count). The van der Waals surface area contributed by atoms with Gasteiger partial charge in [0.15, 0.2) is 0 Å². The van der Waals surface area contributed by atoms with Crippen molar-refractivity contribution >= 4 is 0 Å². The predicted octanol–water partition coefficient (Wildman–Crippen LogP) is 3.32. The number of hydrogen-bond acceptors (Lipinski definition) is 2. The van der Waals surface area contributed by atoms with Gasteiger partial charge in [-0.3, -0.25) is 4.90 Å². The molecule has 1 aromatic rings. The van der Waals surface area contributed by atoms with Crippen molar-refractivity contribution in [1.29, 1.82) is 0 Å². The Balaban J connectivity index is 2.95. The summed E-state index contributed by atoms with van der Waals surface area (Å²) in [6.45, 7) is 6.20. The molecule has 0 aromatic heterocycles. The minimum absolute atomic E-state index is 0.00523. The number of benzene rings is 1. The van der Waals surface area contributed by atoms with Crippen LogP contribution in [0.4, 0.5) is 4.39 Å². The molecule has 0 heterocycles. The van der Waals surface area contributed by atoms with Gasteiger partial charge in [-0.05, 0) is 45.5 Å². The number of nitrogens with zero attached hydrogens (tertiary/aromatic N) is 1. The molecule has 16 heavy (non-hydrogen) atoms. The minimum atomic E-state index is -0.308. The van der Waals surface area contributed by atoms with E-state index in [1.54, 1.807) is 0 Å².